The minimum absolute atomic E-state index is 0.0748. The zero-order valence-corrected chi connectivity index (χ0v) is 10.8. The number of aliphatic hydroxyl groups excluding tert-OH is 1. The van der Waals surface area contributed by atoms with Gasteiger partial charge in [0.1, 0.15) is 17.4 Å². The van der Waals surface area contributed by atoms with Gasteiger partial charge in [0.15, 0.2) is 11.6 Å². The van der Waals surface area contributed by atoms with Crippen molar-refractivity contribution in [1.29, 1.82) is 0 Å². The Kier molecular flexibility index (Phi) is 2.93. The summed E-state index contributed by atoms with van der Waals surface area (Å²) in [5, 5.41) is 10.2. The Bertz CT molecular complexity index is 594. The number of benzene rings is 1. The molecular weight excluding hydrogens is 238 g/mol. The van der Waals surface area contributed by atoms with Crippen LogP contribution in [0.4, 0.5) is 8.78 Å². The minimum Gasteiger partial charge on any atom is -0.458 e. The molecule has 2 rings (SSSR count). The van der Waals surface area contributed by atoms with Gasteiger partial charge in [0.05, 0.1) is 5.39 Å². The van der Waals surface area contributed by atoms with Crippen LogP contribution in [0.5, 0.6) is 0 Å². The van der Waals surface area contributed by atoms with Crippen LogP contribution >= 0.6 is 0 Å². The average Bonchev–Trinajstić information content (AvgIpc) is 2.69. The maximum atomic E-state index is 13.6. The third kappa shape index (κ3) is 2.01. The van der Waals surface area contributed by atoms with E-state index >= 15 is 0 Å². The Hall–Kier alpha value is -1.42. The van der Waals surface area contributed by atoms with Gasteiger partial charge in [0.25, 0.3) is 0 Å². The molecule has 0 spiro atoms. The third-order valence-corrected chi connectivity index (χ3v) is 2.99. The van der Waals surface area contributed by atoms with Gasteiger partial charge in [0, 0.05) is 0 Å². The largest absolute Gasteiger partial charge is 0.458 e. The summed E-state index contributed by atoms with van der Waals surface area (Å²) in [4.78, 5) is 0. The van der Waals surface area contributed by atoms with Crippen molar-refractivity contribution >= 4 is 11.0 Å². The molecule has 2 aromatic rings. The van der Waals surface area contributed by atoms with E-state index in [4.69, 9.17) is 4.42 Å². The highest BCUT2D eigenvalue weighted by Crippen LogP contribution is 2.37. The van der Waals surface area contributed by atoms with E-state index < -0.39 is 23.2 Å². The first-order chi connectivity index (χ1) is 8.21. The van der Waals surface area contributed by atoms with Crippen molar-refractivity contribution in [3.05, 3.63) is 35.1 Å². The zero-order chi connectivity index (χ0) is 13.7. The number of aliphatic hydroxyl groups is 1. The second kappa shape index (κ2) is 4.05. The summed E-state index contributed by atoms with van der Waals surface area (Å²) in [6.45, 7) is 7.17. The highest BCUT2D eigenvalue weighted by atomic mass is 19.2. The van der Waals surface area contributed by atoms with E-state index in [9.17, 15) is 13.9 Å². The first-order valence-electron chi connectivity index (χ1n) is 5.78. The van der Waals surface area contributed by atoms with E-state index in [1.807, 2.05) is 20.8 Å². The van der Waals surface area contributed by atoms with Crippen LogP contribution in [0.3, 0.4) is 0 Å². The molecule has 1 atom stereocenters. The molecule has 2 nitrogen and oxygen atoms in total. The van der Waals surface area contributed by atoms with E-state index in [2.05, 4.69) is 0 Å². The Morgan fingerprint density at radius 2 is 1.83 bits per heavy atom. The summed E-state index contributed by atoms with van der Waals surface area (Å²) in [5.41, 5.74) is 0.361. The maximum Gasteiger partial charge on any atom is 0.169 e. The molecule has 0 aliphatic heterocycles. The second-order valence-corrected chi connectivity index (χ2v) is 5.65. The topological polar surface area (TPSA) is 33.4 Å². The van der Waals surface area contributed by atoms with Crippen LogP contribution in [-0.2, 0) is 0 Å². The highest BCUT2D eigenvalue weighted by Gasteiger charge is 2.28. The van der Waals surface area contributed by atoms with Crippen LogP contribution in [0.15, 0.2) is 16.5 Å². The van der Waals surface area contributed by atoms with Crippen molar-refractivity contribution in [1.82, 2.24) is 0 Å². The van der Waals surface area contributed by atoms with E-state index in [0.717, 1.165) is 6.07 Å². The minimum atomic E-state index is -0.938. The summed E-state index contributed by atoms with van der Waals surface area (Å²) in [7, 11) is 0. The van der Waals surface area contributed by atoms with Gasteiger partial charge in [-0.15, -0.1) is 0 Å². The van der Waals surface area contributed by atoms with Gasteiger partial charge in [-0.05, 0) is 30.0 Å². The van der Waals surface area contributed by atoms with Crippen molar-refractivity contribution in [2.24, 2.45) is 5.41 Å². The van der Waals surface area contributed by atoms with Gasteiger partial charge in [-0.1, -0.05) is 20.8 Å². The fraction of sp³-hybridized carbons (Fsp3) is 0.429. The quantitative estimate of drug-likeness (QED) is 0.831. The second-order valence-electron chi connectivity index (χ2n) is 5.65. The normalized spacial score (nSPS) is 14.2. The number of hydrogen-bond acceptors (Lipinski definition) is 2. The Morgan fingerprint density at radius 3 is 2.39 bits per heavy atom. The predicted octanol–water partition coefficient (Wildman–Crippen LogP) is 4.10. The van der Waals surface area contributed by atoms with Crippen LogP contribution in [-0.4, -0.2) is 5.11 Å². The number of aryl methyl sites for hydroxylation is 1. The lowest BCUT2D eigenvalue weighted by molar-refractivity contribution is 0.0448. The molecule has 0 aliphatic rings. The number of rotatable bonds is 1. The smallest absolute Gasteiger partial charge is 0.169 e. The Balaban J connectivity index is 2.64. The Morgan fingerprint density at radius 1 is 1.22 bits per heavy atom. The summed E-state index contributed by atoms with van der Waals surface area (Å²) in [6.07, 6.45) is -0.869. The molecule has 0 saturated heterocycles. The summed E-state index contributed by atoms with van der Waals surface area (Å²) in [6, 6.07) is 2.46. The monoisotopic (exact) mass is 254 g/mol. The molecular formula is C14H16F2O2. The molecule has 18 heavy (non-hydrogen) atoms. The molecule has 0 aliphatic carbocycles. The first kappa shape index (κ1) is 13.0. The van der Waals surface area contributed by atoms with Gasteiger partial charge in [0.2, 0.25) is 0 Å². The van der Waals surface area contributed by atoms with Crippen LogP contribution in [0, 0.1) is 24.0 Å². The summed E-state index contributed by atoms with van der Waals surface area (Å²) in [5.74, 6) is -1.59. The lowest BCUT2D eigenvalue weighted by atomic mass is 9.88. The molecule has 4 heteroatoms. The van der Waals surface area contributed by atoms with Crippen LogP contribution < -0.4 is 0 Å². The predicted molar refractivity (Wildman–Crippen MR) is 65.3 cm³/mol. The standard InChI is InChI=1S/C14H16F2O2/c1-7-5-9(15)11(16)8-6-10(18-12(7)8)13(17)14(2,3)4/h5-6,13,17H,1-4H3. The maximum absolute atomic E-state index is 13.6. The number of hydrogen-bond donors (Lipinski definition) is 1. The molecule has 0 radical (unpaired) electrons. The molecule has 1 N–H and O–H groups in total. The molecule has 0 bridgehead atoms. The summed E-state index contributed by atoms with van der Waals surface area (Å²) < 4.78 is 32.4. The van der Waals surface area contributed by atoms with Crippen molar-refractivity contribution in [3.63, 3.8) is 0 Å². The van der Waals surface area contributed by atoms with Crippen LogP contribution in [0.1, 0.15) is 38.2 Å². The van der Waals surface area contributed by atoms with E-state index in [1.165, 1.54) is 6.07 Å². The zero-order valence-electron chi connectivity index (χ0n) is 10.8. The van der Waals surface area contributed by atoms with Crippen LogP contribution in [0.25, 0.3) is 11.0 Å². The van der Waals surface area contributed by atoms with Gasteiger partial charge in [-0.25, -0.2) is 8.78 Å². The Labute approximate surface area is 104 Å². The fourth-order valence-electron chi connectivity index (χ4n) is 1.88. The number of halogens is 2. The molecule has 1 unspecified atom stereocenters. The van der Waals surface area contributed by atoms with Crippen molar-refractivity contribution in [2.75, 3.05) is 0 Å². The highest BCUT2D eigenvalue weighted by molar-refractivity contribution is 5.81. The lowest BCUT2D eigenvalue weighted by Gasteiger charge is -2.23. The molecule has 0 saturated carbocycles. The van der Waals surface area contributed by atoms with Crippen molar-refractivity contribution in [3.8, 4) is 0 Å². The third-order valence-electron chi connectivity index (χ3n) is 2.99. The lowest BCUT2D eigenvalue weighted by Crippen LogP contribution is -2.17. The van der Waals surface area contributed by atoms with E-state index in [0.29, 0.717) is 5.56 Å². The van der Waals surface area contributed by atoms with Gasteiger partial charge in [-0.3, -0.25) is 0 Å². The van der Waals surface area contributed by atoms with E-state index in [1.54, 1.807) is 6.92 Å². The molecule has 1 aromatic carbocycles. The molecule has 98 valence electrons. The SMILES string of the molecule is Cc1cc(F)c(F)c2cc(C(O)C(C)(C)C)oc12. The number of fused-ring (bicyclic) bond motifs is 1. The van der Waals surface area contributed by atoms with Gasteiger partial charge >= 0.3 is 0 Å². The number of furan rings is 1. The molecule has 0 amide bonds. The fourth-order valence-corrected chi connectivity index (χ4v) is 1.88. The molecule has 1 heterocycles. The molecule has 1 aromatic heterocycles. The van der Waals surface area contributed by atoms with E-state index in [-0.39, 0.29) is 16.7 Å². The van der Waals surface area contributed by atoms with Crippen LogP contribution in [0.2, 0.25) is 0 Å². The summed E-state index contributed by atoms with van der Waals surface area (Å²) >= 11 is 0. The van der Waals surface area contributed by atoms with Crippen molar-refractivity contribution < 1.29 is 18.3 Å². The van der Waals surface area contributed by atoms with Gasteiger partial charge in [-0.2, -0.15) is 0 Å². The van der Waals surface area contributed by atoms with Gasteiger partial charge < -0.3 is 9.52 Å². The first-order valence-corrected chi connectivity index (χ1v) is 5.78. The molecule has 0 fully saturated rings. The average molecular weight is 254 g/mol. The van der Waals surface area contributed by atoms with Crippen molar-refractivity contribution in [2.45, 2.75) is 33.8 Å².